The van der Waals surface area contributed by atoms with Crippen LogP contribution in [0.25, 0.3) is 0 Å². The first kappa shape index (κ1) is 14.3. The van der Waals surface area contributed by atoms with Gasteiger partial charge in [-0.1, -0.05) is 22.0 Å². The summed E-state index contributed by atoms with van der Waals surface area (Å²) < 4.78 is 37.9. The fourth-order valence-electron chi connectivity index (χ4n) is 2.42. The van der Waals surface area contributed by atoms with Crippen LogP contribution < -0.4 is 11.1 Å². The summed E-state index contributed by atoms with van der Waals surface area (Å²) in [7, 11) is 0. The van der Waals surface area contributed by atoms with E-state index in [0.717, 1.165) is 10.0 Å². The van der Waals surface area contributed by atoms with Crippen LogP contribution in [0.5, 0.6) is 0 Å². The van der Waals surface area contributed by atoms with Gasteiger partial charge in [-0.15, -0.1) is 0 Å². The summed E-state index contributed by atoms with van der Waals surface area (Å²) in [5.41, 5.74) is 5.28. The number of alkyl halides is 3. The Balaban J connectivity index is 2.36. The number of rotatable bonds is 3. The van der Waals surface area contributed by atoms with Crippen LogP contribution in [0.15, 0.2) is 22.7 Å². The average molecular weight is 337 g/mol. The second-order valence-corrected chi connectivity index (χ2v) is 5.46. The average Bonchev–Trinajstić information content (AvgIpc) is 2.64. The number of carbonyl (C=O) groups is 1. The number of nitrogens with one attached hydrogen (secondary N) is 1. The van der Waals surface area contributed by atoms with Gasteiger partial charge in [-0.2, -0.15) is 13.2 Å². The second-order valence-electron chi connectivity index (χ2n) is 4.54. The van der Waals surface area contributed by atoms with E-state index in [-0.39, 0.29) is 6.42 Å². The number of hydrogen-bond acceptors (Lipinski definition) is 2. The highest BCUT2D eigenvalue weighted by atomic mass is 79.9. The highest BCUT2D eigenvalue weighted by Crippen LogP contribution is 2.38. The van der Waals surface area contributed by atoms with Crippen molar-refractivity contribution >= 4 is 21.8 Å². The molecule has 1 aliphatic rings. The fraction of sp³-hybridized carbons (Fsp3) is 0.417. The van der Waals surface area contributed by atoms with Crippen molar-refractivity contribution in [2.24, 2.45) is 5.73 Å². The van der Waals surface area contributed by atoms with Crippen LogP contribution in [0.1, 0.15) is 17.5 Å². The minimum Gasteiger partial charge on any atom is -0.368 e. The predicted octanol–water partition coefficient (Wildman–Crippen LogP) is 2.23. The Morgan fingerprint density at radius 1 is 1.47 bits per heavy atom. The van der Waals surface area contributed by atoms with Crippen molar-refractivity contribution in [1.82, 2.24) is 5.32 Å². The number of amides is 1. The Bertz CT molecular complexity index is 518. The Labute approximate surface area is 116 Å². The monoisotopic (exact) mass is 336 g/mol. The maximum absolute atomic E-state index is 12.4. The minimum atomic E-state index is -4.39. The van der Waals surface area contributed by atoms with Crippen LogP contribution in [-0.2, 0) is 16.8 Å². The number of hydrogen-bond donors (Lipinski definition) is 2. The molecular formula is C12H12BrF3N2O. The van der Waals surface area contributed by atoms with Crippen molar-refractivity contribution < 1.29 is 18.0 Å². The normalized spacial score (nSPS) is 22.3. The number of carbonyl (C=O) groups excluding carboxylic acids is 1. The third kappa shape index (κ3) is 2.76. The smallest absolute Gasteiger partial charge is 0.368 e. The molecule has 1 amide bonds. The first-order chi connectivity index (χ1) is 8.74. The van der Waals surface area contributed by atoms with E-state index in [1.165, 1.54) is 0 Å². The van der Waals surface area contributed by atoms with Gasteiger partial charge in [0.15, 0.2) is 0 Å². The molecule has 7 heteroatoms. The first-order valence-corrected chi connectivity index (χ1v) is 6.44. The molecule has 0 saturated carbocycles. The van der Waals surface area contributed by atoms with Crippen LogP contribution in [0.2, 0.25) is 0 Å². The van der Waals surface area contributed by atoms with Gasteiger partial charge in [-0.25, -0.2) is 0 Å². The molecule has 0 bridgehead atoms. The molecule has 0 saturated heterocycles. The van der Waals surface area contributed by atoms with E-state index in [2.05, 4.69) is 21.2 Å². The maximum Gasteiger partial charge on any atom is 0.401 e. The number of fused-ring (bicyclic) bond motifs is 1. The quantitative estimate of drug-likeness (QED) is 0.889. The molecule has 1 aliphatic carbocycles. The van der Waals surface area contributed by atoms with Crippen molar-refractivity contribution in [1.29, 1.82) is 0 Å². The van der Waals surface area contributed by atoms with Crippen LogP contribution in [0, 0.1) is 0 Å². The Kier molecular flexibility index (Phi) is 3.61. The van der Waals surface area contributed by atoms with Gasteiger partial charge in [0.2, 0.25) is 5.91 Å². The molecule has 0 aliphatic heterocycles. The summed E-state index contributed by atoms with van der Waals surface area (Å²) in [6.07, 6.45) is -3.63. The lowest BCUT2D eigenvalue weighted by Crippen LogP contribution is -2.53. The van der Waals surface area contributed by atoms with Crippen LogP contribution in [0.4, 0.5) is 13.2 Å². The van der Waals surface area contributed by atoms with E-state index >= 15 is 0 Å². The summed E-state index contributed by atoms with van der Waals surface area (Å²) in [5, 5.41) is 2.30. The molecule has 2 rings (SSSR count). The Morgan fingerprint density at radius 2 is 2.16 bits per heavy atom. The summed E-state index contributed by atoms with van der Waals surface area (Å²) >= 11 is 3.29. The van der Waals surface area contributed by atoms with Gasteiger partial charge in [-0.3, -0.25) is 10.1 Å². The summed E-state index contributed by atoms with van der Waals surface area (Å²) in [4.78, 5) is 11.7. The number of benzene rings is 1. The van der Waals surface area contributed by atoms with E-state index in [4.69, 9.17) is 5.73 Å². The molecule has 0 heterocycles. The fourth-order valence-corrected chi connectivity index (χ4v) is 2.83. The van der Waals surface area contributed by atoms with Crippen molar-refractivity contribution in [3.05, 3.63) is 33.8 Å². The SMILES string of the molecule is NC(=O)C1(NCC(F)(F)F)CCc2cc(Br)ccc21. The Hall–Kier alpha value is -1.08. The van der Waals surface area contributed by atoms with Gasteiger partial charge in [0.05, 0.1) is 6.54 Å². The number of halogens is 4. The molecule has 0 fully saturated rings. The molecule has 0 spiro atoms. The zero-order valence-electron chi connectivity index (χ0n) is 9.85. The van der Waals surface area contributed by atoms with E-state index in [0.29, 0.717) is 12.0 Å². The van der Waals surface area contributed by atoms with E-state index < -0.39 is 24.2 Å². The lowest BCUT2D eigenvalue weighted by atomic mass is 9.91. The molecule has 1 aromatic carbocycles. The highest BCUT2D eigenvalue weighted by molar-refractivity contribution is 9.10. The molecule has 1 atom stereocenters. The third-order valence-electron chi connectivity index (χ3n) is 3.31. The molecule has 0 aromatic heterocycles. The summed E-state index contributed by atoms with van der Waals surface area (Å²) in [6, 6.07) is 5.13. The van der Waals surface area contributed by atoms with Crippen LogP contribution in [0.3, 0.4) is 0 Å². The molecule has 3 nitrogen and oxygen atoms in total. The van der Waals surface area contributed by atoms with Gasteiger partial charge in [0, 0.05) is 4.47 Å². The number of nitrogens with two attached hydrogens (primary N) is 1. The third-order valence-corrected chi connectivity index (χ3v) is 3.80. The highest BCUT2D eigenvalue weighted by Gasteiger charge is 2.45. The molecule has 104 valence electrons. The summed E-state index contributed by atoms with van der Waals surface area (Å²) in [6.45, 7) is -1.24. The first-order valence-electron chi connectivity index (χ1n) is 5.65. The van der Waals surface area contributed by atoms with Crippen LogP contribution >= 0.6 is 15.9 Å². The van der Waals surface area contributed by atoms with Gasteiger partial charge < -0.3 is 5.73 Å². The maximum atomic E-state index is 12.4. The van der Waals surface area contributed by atoms with E-state index in [9.17, 15) is 18.0 Å². The zero-order chi connectivity index (χ0) is 14.3. The standard InChI is InChI=1S/C12H12BrF3N2O/c13-8-1-2-9-7(5-8)3-4-11(9,10(17)19)18-6-12(14,15)16/h1-2,5,18H,3-4,6H2,(H2,17,19). The van der Waals surface area contributed by atoms with Gasteiger partial charge in [0.1, 0.15) is 5.54 Å². The largest absolute Gasteiger partial charge is 0.401 e. The lowest BCUT2D eigenvalue weighted by Gasteiger charge is -2.29. The van der Waals surface area contributed by atoms with Crippen molar-refractivity contribution in [2.75, 3.05) is 6.54 Å². The topological polar surface area (TPSA) is 55.1 Å². The summed E-state index contributed by atoms with van der Waals surface area (Å²) in [5.74, 6) is -0.780. The molecule has 3 N–H and O–H groups in total. The Morgan fingerprint density at radius 3 is 2.74 bits per heavy atom. The molecule has 0 radical (unpaired) electrons. The minimum absolute atomic E-state index is 0.240. The zero-order valence-corrected chi connectivity index (χ0v) is 11.4. The molecule has 19 heavy (non-hydrogen) atoms. The molecule has 1 unspecified atom stereocenters. The molecular weight excluding hydrogens is 325 g/mol. The predicted molar refractivity (Wildman–Crippen MR) is 67.4 cm³/mol. The van der Waals surface area contributed by atoms with Gasteiger partial charge in [-0.05, 0) is 36.1 Å². The van der Waals surface area contributed by atoms with Crippen molar-refractivity contribution in [3.63, 3.8) is 0 Å². The van der Waals surface area contributed by atoms with E-state index in [1.807, 2.05) is 0 Å². The van der Waals surface area contributed by atoms with Gasteiger partial charge in [0.25, 0.3) is 0 Å². The lowest BCUT2D eigenvalue weighted by molar-refractivity contribution is -0.136. The van der Waals surface area contributed by atoms with Crippen molar-refractivity contribution in [3.8, 4) is 0 Å². The van der Waals surface area contributed by atoms with Crippen LogP contribution in [-0.4, -0.2) is 18.6 Å². The van der Waals surface area contributed by atoms with Crippen molar-refractivity contribution in [2.45, 2.75) is 24.6 Å². The second kappa shape index (κ2) is 4.79. The number of aryl methyl sites for hydroxylation is 1. The number of primary amides is 1. The molecule has 1 aromatic rings. The van der Waals surface area contributed by atoms with Gasteiger partial charge >= 0.3 is 6.18 Å². The van der Waals surface area contributed by atoms with E-state index in [1.54, 1.807) is 18.2 Å².